The predicted octanol–water partition coefficient (Wildman–Crippen LogP) is 5.59. The highest BCUT2D eigenvalue weighted by Gasteiger charge is 2.65. The first-order chi connectivity index (χ1) is 12.4. The number of ether oxygens (including phenoxy) is 1. The lowest BCUT2D eigenvalue weighted by Crippen LogP contribution is -2.10. The van der Waals surface area contributed by atoms with Gasteiger partial charge in [-0.1, -0.05) is 19.4 Å². The lowest BCUT2D eigenvalue weighted by molar-refractivity contribution is 0.0599. The summed E-state index contributed by atoms with van der Waals surface area (Å²) in [4.78, 5) is 9.39. The second kappa shape index (κ2) is 6.08. The zero-order chi connectivity index (χ0) is 21.6. The summed E-state index contributed by atoms with van der Waals surface area (Å²) in [5, 5.41) is 2.58. The van der Waals surface area contributed by atoms with Crippen LogP contribution in [0.3, 0.4) is 0 Å². The standard InChI is InChI=1S/C16H16F5NO4S2/c1-10-8-14(15(27(3,24)25)9-13(10)16(23)26-2)22-11-4-6-12(7-5-11)28(17,18,19,20)21/h4-9,22H,1-3H3. The number of methoxy groups -OCH3 is 1. The van der Waals surface area contributed by atoms with Gasteiger partial charge in [-0.3, -0.25) is 0 Å². The van der Waals surface area contributed by atoms with Crippen LogP contribution < -0.4 is 5.32 Å². The van der Waals surface area contributed by atoms with E-state index in [1.54, 1.807) is 0 Å². The van der Waals surface area contributed by atoms with Gasteiger partial charge in [-0.2, -0.15) is 0 Å². The monoisotopic (exact) mass is 445 g/mol. The Kier molecular flexibility index (Phi) is 4.77. The molecular weight excluding hydrogens is 429 g/mol. The highest BCUT2D eigenvalue weighted by atomic mass is 32.5. The Morgan fingerprint density at radius 1 is 1.04 bits per heavy atom. The summed E-state index contributed by atoms with van der Waals surface area (Å²) >= 11 is 0. The van der Waals surface area contributed by atoms with E-state index in [2.05, 4.69) is 10.1 Å². The molecule has 156 valence electrons. The Morgan fingerprint density at radius 3 is 2.00 bits per heavy atom. The third kappa shape index (κ3) is 4.93. The van der Waals surface area contributed by atoms with Gasteiger partial charge >= 0.3 is 16.2 Å². The summed E-state index contributed by atoms with van der Waals surface area (Å²) in [6, 6.07) is 4.29. The maximum absolute atomic E-state index is 12.8. The minimum atomic E-state index is -9.81. The van der Waals surface area contributed by atoms with Gasteiger partial charge in [0, 0.05) is 11.9 Å². The number of anilines is 2. The van der Waals surface area contributed by atoms with Gasteiger partial charge in [0.15, 0.2) is 9.84 Å². The number of esters is 1. The molecule has 5 nitrogen and oxygen atoms in total. The molecule has 0 aliphatic rings. The minimum absolute atomic E-state index is 0.00950. The molecule has 0 amide bonds. The molecule has 0 fully saturated rings. The first kappa shape index (κ1) is 22.0. The van der Waals surface area contributed by atoms with Crippen molar-refractivity contribution in [3.8, 4) is 0 Å². The average molecular weight is 445 g/mol. The molecule has 0 aromatic heterocycles. The van der Waals surface area contributed by atoms with Crippen LogP contribution in [0.5, 0.6) is 0 Å². The highest BCUT2D eigenvalue weighted by Crippen LogP contribution is 3.02. The minimum Gasteiger partial charge on any atom is -0.465 e. The van der Waals surface area contributed by atoms with E-state index in [1.807, 2.05) is 0 Å². The van der Waals surface area contributed by atoms with Crippen LogP contribution in [-0.2, 0) is 14.6 Å². The van der Waals surface area contributed by atoms with Gasteiger partial charge in [0.05, 0.1) is 23.3 Å². The molecular formula is C16H16F5NO4S2. The second-order valence-corrected chi connectivity index (χ2v) is 10.4. The van der Waals surface area contributed by atoms with Crippen molar-refractivity contribution in [1.82, 2.24) is 0 Å². The molecule has 2 aromatic rings. The van der Waals surface area contributed by atoms with Crippen LogP contribution in [0.25, 0.3) is 0 Å². The number of hydrogen-bond donors (Lipinski definition) is 1. The third-order valence-electron chi connectivity index (χ3n) is 3.71. The quantitative estimate of drug-likeness (QED) is 0.480. The Balaban J connectivity index is 2.52. The van der Waals surface area contributed by atoms with Crippen molar-refractivity contribution in [1.29, 1.82) is 0 Å². The largest absolute Gasteiger partial charge is 0.465 e. The first-order valence-corrected chi connectivity index (χ1v) is 11.3. The summed E-state index contributed by atoms with van der Waals surface area (Å²) < 4.78 is 92.6. The van der Waals surface area contributed by atoms with Gasteiger partial charge < -0.3 is 10.1 Å². The first-order valence-electron chi connectivity index (χ1n) is 7.46. The summed E-state index contributed by atoms with van der Waals surface area (Å²) in [7, 11) is -12.5. The number of hydrogen-bond acceptors (Lipinski definition) is 5. The van der Waals surface area contributed by atoms with Crippen LogP contribution in [-0.4, -0.2) is 27.8 Å². The van der Waals surface area contributed by atoms with Crippen molar-refractivity contribution in [3.63, 3.8) is 0 Å². The maximum atomic E-state index is 12.8. The predicted molar refractivity (Wildman–Crippen MR) is 96.8 cm³/mol. The van der Waals surface area contributed by atoms with E-state index in [4.69, 9.17) is 0 Å². The number of carbonyl (C=O) groups excluding carboxylic acids is 1. The molecule has 0 bridgehead atoms. The fourth-order valence-electron chi connectivity index (χ4n) is 2.37. The van der Waals surface area contributed by atoms with Gasteiger partial charge in [-0.25, -0.2) is 13.2 Å². The smallest absolute Gasteiger partial charge is 0.338 e. The number of aryl methyl sites for hydroxylation is 1. The fourth-order valence-corrected chi connectivity index (χ4v) is 3.87. The Bertz CT molecular complexity index is 1050. The van der Waals surface area contributed by atoms with E-state index in [1.165, 1.54) is 13.0 Å². The van der Waals surface area contributed by atoms with Crippen molar-refractivity contribution in [2.75, 3.05) is 18.7 Å². The van der Waals surface area contributed by atoms with Crippen molar-refractivity contribution in [2.24, 2.45) is 0 Å². The molecule has 12 heteroatoms. The van der Waals surface area contributed by atoms with Gasteiger partial charge in [-0.15, -0.1) is 0 Å². The van der Waals surface area contributed by atoms with Crippen LogP contribution in [0, 0.1) is 6.92 Å². The van der Waals surface area contributed by atoms with Crippen LogP contribution in [0.4, 0.5) is 30.8 Å². The molecule has 0 radical (unpaired) electrons. The zero-order valence-electron chi connectivity index (χ0n) is 14.8. The molecule has 0 aliphatic carbocycles. The topological polar surface area (TPSA) is 72.5 Å². The van der Waals surface area contributed by atoms with Gasteiger partial charge in [0.25, 0.3) is 0 Å². The fraction of sp³-hybridized carbons (Fsp3) is 0.188. The van der Waals surface area contributed by atoms with E-state index in [0.717, 1.165) is 31.6 Å². The average Bonchev–Trinajstić information content (AvgIpc) is 2.51. The number of halogens is 5. The van der Waals surface area contributed by atoms with E-state index < -0.39 is 30.9 Å². The maximum Gasteiger partial charge on any atom is 0.338 e. The number of rotatable bonds is 5. The molecule has 0 heterocycles. The van der Waals surface area contributed by atoms with Crippen LogP contribution >= 0.6 is 10.2 Å². The molecule has 28 heavy (non-hydrogen) atoms. The SMILES string of the molecule is COC(=O)c1cc(S(C)(=O)=O)c(Nc2ccc(S(F)(F)(F)(F)F)cc2)cc1C. The van der Waals surface area contributed by atoms with Crippen molar-refractivity contribution < 1.29 is 37.4 Å². The second-order valence-electron chi connectivity index (χ2n) is 6.05. The number of nitrogens with one attached hydrogen (secondary N) is 1. The molecule has 0 saturated carbocycles. The molecule has 0 aliphatic heterocycles. The molecule has 0 saturated heterocycles. The molecule has 2 rings (SSSR count). The molecule has 0 spiro atoms. The van der Waals surface area contributed by atoms with Gasteiger partial charge in [0.2, 0.25) is 0 Å². The van der Waals surface area contributed by atoms with E-state index in [9.17, 15) is 32.6 Å². The summed E-state index contributed by atoms with van der Waals surface area (Å²) in [6.45, 7) is 1.50. The molecule has 0 atom stereocenters. The van der Waals surface area contributed by atoms with Crippen molar-refractivity contribution in [2.45, 2.75) is 16.7 Å². The molecule has 2 aromatic carbocycles. The van der Waals surface area contributed by atoms with Crippen molar-refractivity contribution in [3.05, 3.63) is 47.5 Å². The van der Waals surface area contributed by atoms with Crippen LogP contribution in [0.15, 0.2) is 46.2 Å². The van der Waals surface area contributed by atoms with Gasteiger partial charge in [-0.05, 0) is 48.9 Å². The summed E-state index contributed by atoms with van der Waals surface area (Å²) in [6.07, 6.45) is 0.876. The van der Waals surface area contributed by atoms with Crippen LogP contribution in [0.2, 0.25) is 0 Å². The van der Waals surface area contributed by atoms with Crippen LogP contribution in [0.1, 0.15) is 15.9 Å². The van der Waals surface area contributed by atoms with E-state index >= 15 is 0 Å². The zero-order valence-corrected chi connectivity index (χ0v) is 16.4. The highest BCUT2D eigenvalue weighted by molar-refractivity contribution is 8.45. The Morgan fingerprint density at radius 2 is 1.57 bits per heavy atom. The van der Waals surface area contributed by atoms with Gasteiger partial charge in [0.1, 0.15) is 4.90 Å². The van der Waals surface area contributed by atoms with E-state index in [-0.39, 0.29) is 34.0 Å². The summed E-state index contributed by atoms with van der Waals surface area (Å²) in [5.74, 6) is -0.769. The normalized spacial score (nSPS) is 14.7. The number of benzene rings is 2. The van der Waals surface area contributed by atoms with E-state index in [0.29, 0.717) is 5.56 Å². The number of sulfone groups is 1. The lowest BCUT2D eigenvalue weighted by atomic mass is 10.1. The number of carbonyl (C=O) groups is 1. The lowest BCUT2D eigenvalue weighted by Gasteiger charge is -2.40. The molecule has 1 N–H and O–H groups in total. The Hall–Kier alpha value is -2.34. The molecule has 0 unspecified atom stereocenters. The van der Waals surface area contributed by atoms with Crippen molar-refractivity contribution >= 4 is 37.4 Å². The summed E-state index contributed by atoms with van der Waals surface area (Å²) in [5.41, 5.74) is 0.239. The third-order valence-corrected chi connectivity index (χ3v) is 6.01. The Labute approximate surface area is 158 Å².